The summed E-state index contributed by atoms with van der Waals surface area (Å²) >= 11 is 7.43. The first-order valence-corrected chi connectivity index (χ1v) is 9.21. The molecule has 0 spiro atoms. The molecule has 0 saturated heterocycles. The third-order valence-corrected chi connectivity index (χ3v) is 5.30. The Kier molecular flexibility index (Phi) is 4.54. The Balaban J connectivity index is 1.68. The Hall–Kier alpha value is -3.30. The van der Waals surface area contributed by atoms with Crippen molar-refractivity contribution in [1.29, 1.82) is 0 Å². The lowest BCUT2D eigenvalue weighted by Gasteiger charge is -2.04. The number of aromatic nitrogens is 2. The minimum absolute atomic E-state index is 0.0634. The summed E-state index contributed by atoms with van der Waals surface area (Å²) < 4.78 is 5.92. The number of carbonyl (C=O) groups excluding carboxylic acids is 1. The van der Waals surface area contributed by atoms with Crippen LogP contribution in [-0.2, 0) is 0 Å². The summed E-state index contributed by atoms with van der Waals surface area (Å²) in [5, 5.41) is 18.3. The second kappa shape index (κ2) is 7.02. The van der Waals surface area contributed by atoms with Crippen molar-refractivity contribution in [3.8, 4) is 11.3 Å². The number of carbonyl (C=O) groups is 1. The number of hydrogen-bond acceptors (Lipinski definition) is 7. The minimum atomic E-state index is -0.493. The number of nitrogens with zero attached hydrogens (tertiary/aromatic N) is 3. The zero-order valence-corrected chi connectivity index (χ0v) is 15.9. The maximum Gasteiger partial charge on any atom is 0.271 e. The lowest BCUT2D eigenvalue weighted by Crippen LogP contribution is -2.13. The molecule has 0 fully saturated rings. The van der Waals surface area contributed by atoms with Gasteiger partial charge in [0.15, 0.2) is 5.13 Å². The first-order valence-electron chi connectivity index (χ1n) is 8.01. The molecule has 0 aliphatic rings. The van der Waals surface area contributed by atoms with E-state index in [-0.39, 0.29) is 11.3 Å². The summed E-state index contributed by atoms with van der Waals surface area (Å²) in [7, 11) is 0. The summed E-state index contributed by atoms with van der Waals surface area (Å²) in [6.07, 6.45) is 0. The highest BCUT2D eigenvalue weighted by molar-refractivity contribution is 7.22. The molecule has 0 saturated carbocycles. The monoisotopic (exact) mass is 414 g/mol. The van der Waals surface area contributed by atoms with E-state index in [1.54, 1.807) is 37.3 Å². The van der Waals surface area contributed by atoms with Crippen LogP contribution >= 0.6 is 22.9 Å². The Morgan fingerprint density at radius 3 is 2.82 bits per heavy atom. The van der Waals surface area contributed by atoms with Crippen LogP contribution in [0.1, 0.15) is 16.1 Å². The van der Waals surface area contributed by atoms with E-state index < -0.39 is 10.8 Å². The number of nitrogens with one attached hydrogen (secondary N) is 1. The number of thiazole rings is 1. The molecule has 0 atom stereocenters. The van der Waals surface area contributed by atoms with Crippen molar-refractivity contribution in [3.05, 3.63) is 68.9 Å². The molecule has 1 amide bonds. The van der Waals surface area contributed by atoms with Crippen LogP contribution in [0.4, 0.5) is 10.8 Å². The molecular weight excluding hydrogens is 404 g/mol. The second-order valence-corrected chi connectivity index (χ2v) is 7.26. The zero-order chi connectivity index (χ0) is 19.8. The molecule has 2 aromatic heterocycles. The van der Waals surface area contributed by atoms with Gasteiger partial charge < -0.3 is 4.52 Å². The molecule has 1 N–H and O–H groups in total. The van der Waals surface area contributed by atoms with Crippen molar-refractivity contribution in [2.45, 2.75) is 6.92 Å². The van der Waals surface area contributed by atoms with Crippen LogP contribution in [0.15, 0.2) is 47.0 Å². The molecule has 0 aliphatic carbocycles. The third-order valence-electron chi connectivity index (χ3n) is 4.02. The average molecular weight is 415 g/mol. The standard InChI is InChI=1S/C18H11ClN4O4S/c1-9-15(16(22-27-9)11-4-2-3-5-12(11)19)17(24)21-18-20-13-8-10(23(25)26)6-7-14(13)28-18/h2-8H,1H3,(H,20,21,24). The van der Waals surface area contributed by atoms with E-state index in [9.17, 15) is 14.9 Å². The Bertz CT molecular complexity index is 1230. The normalized spacial score (nSPS) is 10.9. The number of non-ortho nitro benzene ring substituents is 1. The van der Waals surface area contributed by atoms with Gasteiger partial charge in [-0.3, -0.25) is 20.2 Å². The molecule has 0 radical (unpaired) electrons. The molecule has 2 heterocycles. The summed E-state index contributed by atoms with van der Waals surface area (Å²) in [4.78, 5) is 27.5. The van der Waals surface area contributed by atoms with Crippen molar-refractivity contribution < 1.29 is 14.2 Å². The molecule has 4 rings (SSSR count). The molecule has 2 aromatic carbocycles. The first kappa shape index (κ1) is 18.1. The fraction of sp³-hybridized carbons (Fsp3) is 0.0556. The molecular formula is C18H11ClN4O4S. The van der Waals surface area contributed by atoms with Crippen molar-refractivity contribution in [2.24, 2.45) is 0 Å². The van der Waals surface area contributed by atoms with Crippen molar-refractivity contribution in [3.63, 3.8) is 0 Å². The number of nitro groups is 1. The number of fused-ring (bicyclic) bond motifs is 1. The summed E-state index contributed by atoms with van der Waals surface area (Å²) in [5.74, 6) is -0.119. The van der Waals surface area contributed by atoms with Crippen LogP contribution in [0.2, 0.25) is 5.02 Å². The highest BCUT2D eigenvalue weighted by Gasteiger charge is 2.24. The van der Waals surface area contributed by atoms with Crippen LogP contribution in [-0.4, -0.2) is 21.0 Å². The van der Waals surface area contributed by atoms with Gasteiger partial charge in [0.25, 0.3) is 11.6 Å². The lowest BCUT2D eigenvalue weighted by atomic mass is 10.1. The Morgan fingerprint density at radius 1 is 1.29 bits per heavy atom. The second-order valence-electron chi connectivity index (χ2n) is 5.82. The van der Waals surface area contributed by atoms with Gasteiger partial charge in [-0.25, -0.2) is 4.98 Å². The van der Waals surface area contributed by atoms with Gasteiger partial charge in [-0.2, -0.15) is 0 Å². The number of nitro benzene ring substituents is 1. The van der Waals surface area contributed by atoms with Crippen LogP contribution in [0, 0.1) is 17.0 Å². The van der Waals surface area contributed by atoms with E-state index in [4.69, 9.17) is 16.1 Å². The van der Waals surface area contributed by atoms with Crippen LogP contribution in [0.3, 0.4) is 0 Å². The molecule has 4 aromatic rings. The number of aryl methyl sites for hydroxylation is 1. The van der Waals surface area contributed by atoms with Gasteiger partial charge in [-0.1, -0.05) is 46.3 Å². The van der Waals surface area contributed by atoms with Crippen LogP contribution < -0.4 is 5.32 Å². The van der Waals surface area contributed by atoms with Gasteiger partial charge in [-0.05, 0) is 19.1 Å². The predicted octanol–water partition coefficient (Wildman–Crippen LogP) is 5.07. The highest BCUT2D eigenvalue weighted by atomic mass is 35.5. The zero-order valence-electron chi connectivity index (χ0n) is 14.3. The molecule has 0 unspecified atom stereocenters. The summed E-state index contributed by atoms with van der Waals surface area (Å²) in [5.41, 5.74) is 1.52. The molecule has 8 nitrogen and oxygen atoms in total. The van der Waals surface area contributed by atoms with E-state index in [1.807, 2.05) is 0 Å². The smallest absolute Gasteiger partial charge is 0.271 e. The Labute approximate surface area is 166 Å². The van der Waals surface area contributed by atoms with E-state index in [2.05, 4.69) is 15.5 Å². The van der Waals surface area contributed by atoms with Gasteiger partial charge in [0.2, 0.25) is 0 Å². The number of anilines is 1. The van der Waals surface area contributed by atoms with Crippen LogP contribution in [0.25, 0.3) is 21.5 Å². The van der Waals surface area contributed by atoms with Gasteiger partial charge in [-0.15, -0.1) is 0 Å². The number of amides is 1. The SMILES string of the molecule is Cc1onc(-c2ccccc2Cl)c1C(=O)Nc1nc2cc([N+](=O)[O-])ccc2s1. The van der Waals surface area contributed by atoms with Crippen LogP contribution in [0.5, 0.6) is 0 Å². The molecule has 0 aliphatic heterocycles. The lowest BCUT2D eigenvalue weighted by molar-refractivity contribution is -0.384. The number of halogens is 1. The largest absolute Gasteiger partial charge is 0.360 e. The average Bonchev–Trinajstić information content (AvgIpc) is 3.24. The van der Waals surface area contributed by atoms with Crippen molar-refractivity contribution in [1.82, 2.24) is 10.1 Å². The number of benzene rings is 2. The summed E-state index contributed by atoms with van der Waals surface area (Å²) in [6, 6.07) is 11.4. The quantitative estimate of drug-likeness (QED) is 0.368. The molecule has 0 bridgehead atoms. The summed E-state index contributed by atoms with van der Waals surface area (Å²) in [6.45, 7) is 1.63. The fourth-order valence-electron chi connectivity index (χ4n) is 2.72. The molecule has 10 heteroatoms. The maximum absolute atomic E-state index is 12.9. The third kappa shape index (κ3) is 3.21. The number of hydrogen-bond donors (Lipinski definition) is 1. The van der Waals surface area contributed by atoms with E-state index in [0.717, 1.165) is 0 Å². The van der Waals surface area contributed by atoms with Crippen molar-refractivity contribution in [2.75, 3.05) is 5.32 Å². The van der Waals surface area contributed by atoms with Gasteiger partial charge in [0.05, 0.1) is 20.2 Å². The first-order chi connectivity index (χ1) is 13.4. The van der Waals surface area contributed by atoms with E-state index >= 15 is 0 Å². The van der Waals surface area contributed by atoms with Crippen molar-refractivity contribution >= 4 is 49.9 Å². The van der Waals surface area contributed by atoms with E-state index in [0.29, 0.717) is 37.4 Å². The Morgan fingerprint density at radius 2 is 2.07 bits per heavy atom. The molecule has 28 heavy (non-hydrogen) atoms. The maximum atomic E-state index is 12.9. The minimum Gasteiger partial charge on any atom is -0.360 e. The fourth-order valence-corrected chi connectivity index (χ4v) is 3.79. The van der Waals surface area contributed by atoms with Gasteiger partial charge in [0, 0.05) is 17.7 Å². The van der Waals surface area contributed by atoms with Gasteiger partial charge >= 0.3 is 0 Å². The molecule has 140 valence electrons. The number of rotatable bonds is 4. The van der Waals surface area contributed by atoms with Gasteiger partial charge in [0.1, 0.15) is 17.0 Å². The predicted molar refractivity (Wildman–Crippen MR) is 106 cm³/mol. The topological polar surface area (TPSA) is 111 Å². The van der Waals surface area contributed by atoms with E-state index in [1.165, 1.54) is 23.5 Å². The highest BCUT2D eigenvalue weighted by Crippen LogP contribution is 2.33.